The molecular weight excluding hydrogens is 316 g/mol. The van der Waals surface area contributed by atoms with Crippen LogP contribution in [0.3, 0.4) is 0 Å². The Hall–Kier alpha value is -2.04. The summed E-state index contributed by atoms with van der Waals surface area (Å²) < 4.78 is 5.97. The van der Waals surface area contributed by atoms with Crippen molar-refractivity contribution in [3.63, 3.8) is 0 Å². The standard InChI is InChI=1S/C20H28N2O3/c1-14(2)17-6-4-5-7-18(17)25-15(3)19(23)21-10-12-22(13-11-21)20(24)16-8-9-16/h4-7,14-16H,8-13H2,1-3H3. The smallest absolute Gasteiger partial charge is 0.263 e. The molecule has 1 unspecified atom stereocenters. The number of piperazine rings is 1. The average Bonchev–Trinajstić information content (AvgIpc) is 3.46. The molecule has 2 amide bonds. The van der Waals surface area contributed by atoms with E-state index in [1.807, 2.05) is 34.1 Å². The maximum absolute atomic E-state index is 12.7. The van der Waals surface area contributed by atoms with Gasteiger partial charge in [-0.2, -0.15) is 0 Å². The highest BCUT2D eigenvalue weighted by Gasteiger charge is 2.35. The molecule has 1 aromatic rings. The SMILES string of the molecule is CC(Oc1ccccc1C(C)C)C(=O)N1CCN(C(=O)C2CC2)CC1. The summed E-state index contributed by atoms with van der Waals surface area (Å²) in [6.07, 6.45) is 1.53. The minimum absolute atomic E-state index is 0.00270. The number of carbonyl (C=O) groups is 2. The Morgan fingerprint density at radius 2 is 1.60 bits per heavy atom. The number of hydrogen-bond donors (Lipinski definition) is 0. The van der Waals surface area contributed by atoms with Crippen molar-refractivity contribution in [2.45, 2.75) is 45.6 Å². The van der Waals surface area contributed by atoms with Gasteiger partial charge in [0.1, 0.15) is 5.75 Å². The summed E-state index contributed by atoms with van der Waals surface area (Å²) in [5, 5.41) is 0. The first kappa shape index (κ1) is 17.8. The molecule has 1 aliphatic carbocycles. The second-order valence-electron chi connectivity index (χ2n) is 7.38. The average molecular weight is 344 g/mol. The first-order valence-electron chi connectivity index (χ1n) is 9.30. The van der Waals surface area contributed by atoms with Crippen molar-refractivity contribution < 1.29 is 14.3 Å². The summed E-state index contributed by atoms with van der Waals surface area (Å²) in [5.41, 5.74) is 1.11. The van der Waals surface area contributed by atoms with Crippen molar-refractivity contribution in [2.75, 3.05) is 26.2 Å². The van der Waals surface area contributed by atoms with E-state index in [4.69, 9.17) is 4.74 Å². The molecule has 5 heteroatoms. The van der Waals surface area contributed by atoms with Crippen LogP contribution >= 0.6 is 0 Å². The van der Waals surface area contributed by atoms with E-state index in [1.165, 1.54) is 0 Å². The highest BCUT2D eigenvalue weighted by Crippen LogP contribution is 2.31. The van der Waals surface area contributed by atoms with Gasteiger partial charge in [0.15, 0.2) is 6.10 Å². The van der Waals surface area contributed by atoms with Crippen molar-refractivity contribution in [3.05, 3.63) is 29.8 Å². The minimum atomic E-state index is -0.523. The van der Waals surface area contributed by atoms with Crippen LogP contribution in [-0.4, -0.2) is 53.9 Å². The van der Waals surface area contributed by atoms with Crippen LogP contribution in [0.5, 0.6) is 5.75 Å². The minimum Gasteiger partial charge on any atom is -0.481 e. The van der Waals surface area contributed by atoms with E-state index in [-0.39, 0.29) is 17.7 Å². The zero-order valence-electron chi connectivity index (χ0n) is 15.4. The van der Waals surface area contributed by atoms with Crippen molar-refractivity contribution in [1.82, 2.24) is 9.80 Å². The number of ether oxygens (including phenoxy) is 1. The maximum Gasteiger partial charge on any atom is 0.263 e. The van der Waals surface area contributed by atoms with Gasteiger partial charge >= 0.3 is 0 Å². The zero-order chi connectivity index (χ0) is 18.0. The fourth-order valence-electron chi connectivity index (χ4n) is 3.30. The van der Waals surface area contributed by atoms with Gasteiger partial charge in [0, 0.05) is 32.1 Å². The predicted octanol–water partition coefficient (Wildman–Crippen LogP) is 2.66. The highest BCUT2D eigenvalue weighted by molar-refractivity contribution is 5.83. The first-order valence-corrected chi connectivity index (χ1v) is 9.30. The Kier molecular flexibility index (Phi) is 5.30. The Morgan fingerprint density at radius 3 is 2.20 bits per heavy atom. The predicted molar refractivity (Wildman–Crippen MR) is 96.5 cm³/mol. The van der Waals surface area contributed by atoms with Crippen LogP contribution in [0.25, 0.3) is 0 Å². The number of amides is 2. The van der Waals surface area contributed by atoms with Gasteiger partial charge in [-0.05, 0) is 37.3 Å². The Labute approximate surface area is 149 Å². The molecule has 2 aliphatic rings. The van der Waals surface area contributed by atoms with Gasteiger partial charge in [0.2, 0.25) is 5.91 Å². The van der Waals surface area contributed by atoms with Crippen LogP contribution in [0.2, 0.25) is 0 Å². The molecule has 1 aliphatic heterocycles. The van der Waals surface area contributed by atoms with Crippen LogP contribution in [0.1, 0.15) is 45.1 Å². The number of nitrogens with zero attached hydrogens (tertiary/aromatic N) is 2. The molecule has 0 radical (unpaired) electrons. The van der Waals surface area contributed by atoms with Crippen molar-refractivity contribution in [2.24, 2.45) is 5.92 Å². The lowest BCUT2D eigenvalue weighted by Gasteiger charge is -2.36. The van der Waals surface area contributed by atoms with Gasteiger partial charge in [0.05, 0.1) is 0 Å². The lowest BCUT2D eigenvalue weighted by Crippen LogP contribution is -2.53. The lowest BCUT2D eigenvalue weighted by molar-refractivity contribution is -0.144. The summed E-state index contributed by atoms with van der Waals surface area (Å²) in [4.78, 5) is 28.5. The number of rotatable bonds is 5. The summed E-state index contributed by atoms with van der Waals surface area (Å²) in [6.45, 7) is 8.50. The van der Waals surface area contributed by atoms with E-state index in [0.717, 1.165) is 24.2 Å². The summed E-state index contributed by atoms with van der Waals surface area (Å²) in [6, 6.07) is 7.89. The Bertz CT molecular complexity index is 632. The third-order valence-electron chi connectivity index (χ3n) is 5.02. The molecule has 1 heterocycles. The van der Waals surface area contributed by atoms with Crippen molar-refractivity contribution >= 4 is 11.8 Å². The van der Waals surface area contributed by atoms with Crippen molar-refractivity contribution in [3.8, 4) is 5.75 Å². The molecule has 2 fully saturated rings. The van der Waals surface area contributed by atoms with Gasteiger partial charge in [-0.15, -0.1) is 0 Å². The quantitative estimate of drug-likeness (QED) is 0.825. The Balaban J connectivity index is 1.55. The van der Waals surface area contributed by atoms with Crippen molar-refractivity contribution in [1.29, 1.82) is 0 Å². The van der Waals surface area contributed by atoms with E-state index >= 15 is 0 Å². The molecule has 1 aromatic carbocycles. The number of benzene rings is 1. The van der Waals surface area contributed by atoms with Gasteiger partial charge in [0.25, 0.3) is 5.91 Å². The molecule has 1 saturated carbocycles. The Morgan fingerprint density at radius 1 is 1.00 bits per heavy atom. The molecule has 3 rings (SSSR count). The molecule has 5 nitrogen and oxygen atoms in total. The second kappa shape index (κ2) is 7.46. The van der Waals surface area contributed by atoms with Gasteiger partial charge < -0.3 is 14.5 Å². The van der Waals surface area contributed by atoms with E-state index in [9.17, 15) is 9.59 Å². The van der Waals surface area contributed by atoms with Gasteiger partial charge in [-0.1, -0.05) is 32.0 Å². The van der Waals surface area contributed by atoms with Gasteiger partial charge in [-0.25, -0.2) is 0 Å². The molecule has 0 spiro atoms. The molecule has 0 aromatic heterocycles. The molecule has 0 N–H and O–H groups in total. The van der Waals surface area contributed by atoms with Crippen LogP contribution in [0.15, 0.2) is 24.3 Å². The first-order chi connectivity index (χ1) is 12.0. The van der Waals surface area contributed by atoms with Crippen LogP contribution in [-0.2, 0) is 9.59 Å². The topological polar surface area (TPSA) is 49.9 Å². The molecular formula is C20H28N2O3. The number of para-hydroxylation sites is 1. The largest absolute Gasteiger partial charge is 0.481 e. The lowest BCUT2D eigenvalue weighted by atomic mass is 10.0. The second-order valence-corrected chi connectivity index (χ2v) is 7.38. The van der Waals surface area contributed by atoms with E-state index in [1.54, 1.807) is 6.92 Å². The number of carbonyl (C=O) groups excluding carboxylic acids is 2. The molecule has 1 atom stereocenters. The summed E-state index contributed by atoms with van der Waals surface area (Å²) >= 11 is 0. The molecule has 1 saturated heterocycles. The maximum atomic E-state index is 12.7. The van der Waals surface area contributed by atoms with Crippen LogP contribution < -0.4 is 4.74 Å². The van der Waals surface area contributed by atoms with E-state index < -0.39 is 6.10 Å². The molecule has 0 bridgehead atoms. The fraction of sp³-hybridized carbons (Fsp3) is 0.600. The van der Waals surface area contributed by atoms with E-state index in [0.29, 0.717) is 32.1 Å². The third kappa shape index (κ3) is 4.14. The van der Waals surface area contributed by atoms with E-state index in [2.05, 4.69) is 13.8 Å². The normalized spacial score (nSPS) is 19.0. The monoisotopic (exact) mass is 344 g/mol. The molecule has 25 heavy (non-hydrogen) atoms. The zero-order valence-corrected chi connectivity index (χ0v) is 15.4. The fourth-order valence-corrected chi connectivity index (χ4v) is 3.30. The van der Waals surface area contributed by atoms with Crippen LogP contribution in [0.4, 0.5) is 0 Å². The summed E-state index contributed by atoms with van der Waals surface area (Å²) in [5.74, 6) is 1.63. The molecule has 136 valence electrons. The van der Waals surface area contributed by atoms with Gasteiger partial charge in [-0.3, -0.25) is 9.59 Å². The third-order valence-corrected chi connectivity index (χ3v) is 5.02. The summed E-state index contributed by atoms with van der Waals surface area (Å²) in [7, 11) is 0. The highest BCUT2D eigenvalue weighted by atomic mass is 16.5. The number of hydrogen-bond acceptors (Lipinski definition) is 3. The van der Waals surface area contributed by atoms with Crippen LogP contribution in [0, 0.1) is 5.92 Å².